The van der Waals surface area contributed by atoms with Crippen LogP contribution in [0.2, 0.25) is 0 Å². The van der Waals surface area contributed by atoms with E-state index in [1.165, 1.54) is 0 Å². The van der Waals surface area contributed by atoms with Crippen LogP contribution in [0.3, 0.4) is 0 Å². The van der Waals surface area contributed by atoms with Gasteiger partial charge in [-0.05, 0) is 19.8 Å². The topological polar surface area (TPSA) is 36.2 Å². The first-order chi connectivity index (χ1) is 4.00. The fraction of sp³-hybridized carbons (Fsp3) is 1.00. The molecular formula is C7H18N2. The van der Waals surface area contributed by atoms with Crippen molar-refractivity contribution in [3.05, 3.63) is 0 Å². The zero-order valence-electron chi connectivity index (χ0n) is 7.10. The minimum absolute atomic E-state index is 0.176. The average Bonchev–Trinajstić information content (AvgIpc) is 1.65. The smallest absolute Gasteiger partial charge is 0.0649 e. The summed E-state index contributed by atoms with van der Waals surface area (Å²) in [7, 11) is 0. The third kappa shape index (κ3) is 93.1. The van der Waals surface area contributed by atoms with E-state index in [0.29, 0.717) is 0 Å². The Kier molecular flexibility index (Phi) is 9.63. The molecule has 1 N–H and O–H groups in total. The number of rotatable bonds is 1. The minimum Gasteiger partial charge on any atom is -0.210 e. The Labute approximate surface area is 58.2 Å². The number of hydrogen-bond acceptors (Lipinski definition) is 2. The SMILES string of the molecule is CC(C)C.CC(C)N=N. The van der Waals surface area contributed by atoms with Gasteiger partial charge < -0.3 is 0 Å². The Morgan fingerprint density at radius 1 is 1.00 bits per heavy atom. The van der Waals surface area contributed by atoms with Crippen LogP contribution in [0.1, 0.15) is 34.6 Å². The van der Waals surface area contributed by atoms with E-state index >= 15 is 0 Å². The highest BCUT2D eigenvalue weighted by molar-refractivity contribution is 4.37. The van der Waals surface area contributed by atoms with E-state index in [4.69, 9.17) is 5.53 Å². The van der Waals surface area contributed by atoms with Crippen LogP contribution in [0.25, 0.3) is 0 Å². The van der Waals surface area contributed by atoms with Gasteiger partial charge in [0, 0.05) is 0 Å². The quantitative estimate of drug-likeness (QED) is 0.529. The second-order valence-electron chi connectivity index (χ2n) is 2.95. The minimum atomic E-state index is 0.176. The Bertz CT molecular complexity index is 55.2. The van der Waals surface area contributed by atoms with E-state index in [1.54, 1.807) is 0 Å². The molecule has 0 unspecified atom stereocenters. The standard InChI is InChI=1S/C4H10.C3H8N2/c1-4(2)3;1-3(2)5-4/h4H,1-3H3;3-4H,1-2H3. The van der Waals surface area contributed by atoms with Crippen molar-refractivity contribution >= 4 is 0 Å². The summed E-state index contributed by atoms with van der Waals surface area (Å²) in [4.78, 5) is 0. The normalized spacial score (nSPS) is 8.78. The van der Waals surface area contributed by atoms with Gasteiger partial charge in [0.15, 0.2) is 0 Å². The monoisotopic (exact) mass is 130 g/mol. The third-order valence-corrected chi connectivity index (χ3v) is 0.258. The average molecular weight is 130 g/mol. The molecule has 0 aliphatic carbocycles. The van der Waals surface area contributed by atoms with Gasteiger partial charge in [-0.3, -0.25) is 0 Å². The lowest BCUT2D eigenvalue weighted by Gasteiger charge is -1.82. The molecule has 0 aliphatic rings. The molecule has 0 bridgehead atoms. The number of nitrogens with one attached hydrogen (secondary N) is 1. The molecule has 0 aromatic heterocycles. The van der Waals surface area contributed by atoms with Crippen LogP contribution < -0.4 is 0 Å². The second kappa shape index (κ2) is 7.60. The summed E-state index contributed by atoms with van der Waals surface area (Å²) >= 11 is 0. The number of hydrogen-bond donors (Lipinski definition) is 1. The summed E-state index contributed by atoms with van der Waals surface area (Å²) < 4.78 is 0. The zero-order chi connectivity index (χ0) is 7.86. The van der Waals surface area contributed by atoms with E-state index < -0.39 is 0 Å². The van der Waals surface area contributed by atoms with Crippen LogP contribution in [0, 0.1) is 11.4 Å². The summed E-state index contributed by atoms with van der Waals surface area (Å²) in [6.45, 7) is 10.2. The van der Waals surface area contributed by atoms with E-state index in [1.807, 2.05) is 13.8 Å². The van der Waals surface area contributed by atoms with Crippen LogP contribution in [0.15, 0.2) is 5.11 Å². The lowest BCUT2D eigenvalue weighted by Crippen LogP contribution is -1.81. The molecule has 0 heterocycles. The summed E-state index contributed by atoms with van der Waals surface area (Å²) in [5.41, 5.74) is 6.28. The largest absolute Gasteiger partial charge is 0.210 e. The molecule has 0 aromatic carbocycles. The lowest BCUT2D eigenvalue weighted by molar-refractivity contribution is 0.737. The molecule has 0 fully saturated rings. The van der Waals surface area contributed by atoms with Crippen LogP contribution in [0.5, 0.6) is 0 Å². The van der Waals surface area contributed by atoms with Gasteiger partial charge in [0.2, 0.25) is 0 Å². The van der Waals surface area contributed by atoms with Crippen molar-refractivity contribution in [3.63, 3.8) is 0 Å². The van der Waals surface area contributed by atoms with Crippen LogP contribution in [-0.4, -0.2) is 6.04 Å². The van der Waals surface area contributed by atoms with Crippen molar-refractivity contribution < 1.29 is 0 Å². The van der Waals surface area contributed by atoms with Crippen molar-refractivity contribution in [1.82, 2.24) is 0 Å². The van der Waals surface area contributed by atoms with E-state index in [0.717, 1.165) is 5.92 Å². The van der Waals surface area contributed by atoms with Crippen molar-refractivity contribution in [2.24, 2.45) is 11.0 Å². The first-order valence-corrected chi connectivity index (χ1v) is 3.37. The van der Waals surface area contributed by atoms with Gasteiger partial charge in [0.05, 0.1) is 6.04 Å². The maximum Gasteiger partial charge on any atom is 0.0649 e. The molecule has 0 aromatic rings. The van der Waals surface area contributed by atoms with Gasteiger partial charge in [-0.25, -0.2) is 5.53 Å². The summed E-state index contributed by atoms with van der Waals surface area (Å²) in [6, 6.07) is 0.176. The Hall–Kier alpha value is -0.400. The van der Waals surface area contributed by atoms with Gasteiger partial charge in [-0.1, -0.05) is 20.8 Å². The highest BCUT2D eigenvalue weighted by Gasteiger charge is 1.76. The summed E-state index contributed by atoms with van der Waals surface area (Å²) in [5.74, 6) is 0.833. The maximum absolute atomic E-state index is 6.28. The molecule has 0 saturated carbocycles. The van der Waals surface area contributed by atoms with Crippen molar-refractivity contribution in [2.75, 3.05) is 0 Å². The predicted octanol–water partition coefficient (Wildman–Crippen LogP) is 3.09. The molecule has 0 spiro atoms. The molecule has 2 nitrogen and oxygen atoms in total. The van der Waals surface area contributed by atoms with Crippen molar-refractivity contribution in [3.8, 4) is 0 Å². The van der Waals surface area contributed by atoms with E-state index in [9.17, 15) is 0 Å². The first-order valence-electron chi connectivity index (χ1n) is 3.37. The van der Waals surface area contributed by atoms with E-state index in [2.05, 4.69) is 25.9 Å². The fourth-order valence-corrected chi connectivity index (χ4v) is 0. The zero-order valence-corrected chi connectivity index (χ0v) is 7.10. The molecule has 0 rings (SSSR count). The molecule has 0 saturated heterocycles. The molecule has 0 atom stereocenters. The Balaban J connectivity index is 0. The third-order valence-electron chi connectivity index (χ3n) is 0.258. The first kappa shape index (κ1) is 11.4. The molecule has 2 heteroatoms. The molecule has 56 valence electrons. The van der Waals surface area contributed by atoms with Crippen molar-refractivity contribution in [1.29, 1.82) is 5.53 Å². The van der Waals surface area contributed by atoms with Gasteiger partial charge in [-0.15, -0.1) is 0 Å². The van der Waals surface area contributed by atoms with Gasteiger partial charge in [0.25, 0.3) is 0 Å². The van der Waals surface area contributed by atoms with Crippen LogP contribution in [0.4, 0.5) is 0 Å². The highest BCUT2D eigenvalue weighted by Crippen LogP contribution is 1.81. The van der Waals surface area contributed by atoms with Gasteiger partial charge in [0.1, 0.15) is 0 Å². The molecule has 9 heavy (non-hydrogen) atoms. The number of nitrogens with zero attached hydrogens (tertiary/aromatic N) is 1. The molecule has 0 radical (unpaired) electrons. The lowest BCUT2D eigenvalue weighted by atomic mass is 10.3. The predicted molar refractivity (Wildman–Crippen MR) is 40.8 cm³/mol. The van der Waals surface area contributed by atoms with E-state index in [-0.39, 0.29) is 6.04 Å². The van der Waals surface area contributed by atoms with Crippen LogP contribution in [-0.2, 0) is 0 Å². The second-order valence-corrected chi connectivity index (χ2v) is 2.95. The highest BCUT2D eigenvalue weighted by atomic mass is 15.0. The van der Waals surface area contributed by atoms with Gasteiger partial charge >= 0.3 is 0 Å². The van der Waals surface area contributed by atoms with Crippen LogP contribution >= 0.6 is 0 Å². The van der Waals surface area contributed by atoms with Crippen molar-refractivity contribution in [2.45, 2.75) is 40.7 Å². The molecular weight excluding hydrogens is 112 g/mol. The molecule has 0 aliphatic heterocycles. The maximum atomic E-state index is 6.28. The Morgan fingerprint density at radius 2 is 1.11 bits per heavy atom. The Morgan fingerprint density at radius 3 is 1.11 bits per heavy atom. The fourth-order valence-electron chi connectivity index (χ4n) is 0. The summed E-state index contributed by atoms with van der Waals surface area (Å²) in [6.07, 6.45) is 0. The summed E-state index contributed by atoms with van der Waals surface area (Å²) in [5, 5.41) is 3.14. The molecule has 0 amide bonds. The van der Waals surface area contributed by atoms with Gasteiger partial charge in [-0.2, -0.15) is 5.11 Å².